The lowest BCUT2D eigenvalue weighted by molar-refractivity contribution is 0.0992. The van der Waals surface area contributed by atoms with Crippen LogP contribution in [0.25, 0.3) is 0 Å². The lowest BCUT2D eigenvalue weighted by Gasteiger charge is -2.05. The normalized spacial score (nSPS) is 10.7. The molecule has 0 radical (unpaired) electrons. The largest absolute Gasteiger partial charge is 0.484 e. The first-order chi connectivity index (χ1) is 14.6. The van der Waals surface area contributed by atoms with Gasteiger partial charge in [0.2, 0.25) is 0 Å². The molecule has 0 saturated carbocycles. The summed E-state index contributed by atoms with van der Waals surface area (Å²) in [6.45, 7) is 0.525. The third kappa shape index (κ3) is 4.87. The van der Waals surface area contributed by atoms with Crippen LogP contribution in [0.5, 0.6) is 5.75 Å². The van der Waals surface area contributed by atoms with Gasteiger partial charge in [0.15, 0.2) is 11.6 Å². The highest BCUT2D eigenvalue weighted by atomic mass is 35.5. The highest BCUT2D eigenvalue weighted by Crippen LogP contribution is 2.24. The molecule has 152 valence electrons. The number of amides is 1. The topological polar surface area (TPSA) is 69.3 Å². The molecule has 6 nitrogen and oxygen atoms in total. The van der Waals surface area contributed by atoms with E-state index in [0.717, 1.165) is 5.56 Å². The predicted molar refractivity (Wildman–Crippen MR) is 110 cm³/mol. The van der Waals surface area contributed by atoms with Crippen LogP contribution in [0.1, 0.15) is 21.9 Å². The Balaban J connectivity index is 1.34. The van der Waals surface area contributed by atoms with Gasteiger partial charge in [-0.3, -0.25) is 9.48 Å². The highest BCUT2D eigenvalue weighted by Gasteiger charge is 2.14. The molecule has 4 rings (SSSR count). The molecule has 0 spiro atoms. The average Bonchev–Trinajstić information content (AvgIpc) is 3.37. The minimum Gasteiger partial charge on any atom is -0.484 e. The standard InChI is InChI=1S/C22H17ClFN3O3/c23-18-6-1-2-7-19(18)29-14-17-8-9-20(30-17)22(28)25-21-10-11-27(26-21)13-15-4-3-5-16(24)12-15/h1-12H,13-14H2,(H,25,26,28). The van der Waals surface area contributed by atoms with Crippen molar-refractivity contribution in [1.29, 1.82) is 0 Å². The van der Waals surface area contributed by atoms with Crippen molar-refractivity contribution in [2.45, 2.75) is 13.2 Å². The van der Waals surface area contributed by atoms with Crippen LogP contribution >= 0.6 is 11.6 Å². The maximum Gasteiger partial charge on any atom is 0.292 e. The van der Waals surface area contributed by atoms with Crippen LogP contribution in [0.15, 0.2) is 77.3 Å². The third-order valence-electron chi connectivity index (χ3n) is 4.21. The van der Waals surface area contributed by atoms with E-state index in [2.05, 4.69) is 10.4 Å². The molecule has 0 atom stereocenters. The van der Waals surface area contributed by atoms with Crippen LogP contribution < -0.4 is 10.1 Å². The van der Waals surface area contributed by atoms with Gasteiger partial charge in [-0.05, 0) is 42.0 Å². The molecular formula is C22H17ClFN3O3. The monoisotopic (exact) mass is 425 g/mol. The van der Waals surface area contributed by atoms with Crippen molar-refractivity contribution < 1.29 is 18.3 Å². The van der Waals surface area contributed by atoms with Gasteiger partial charge >= 0.3 is 0 Å². The first-order valence-electron chi connectivity index (χ1n) is 9.12. The second-order valence-corrected chi connectivity index (χ2v) is 6.87. The van der Waals surface area contributed by atoms with Crippen LogP contribution in [0.4, 0.5) is 10.2 Å². The first kappa shape index (κ1) is 19.7. The summed E-state index contributed by atoms with van der Waals surface area (Å²) in [5.41, 5.74) is 0.769. The number of carbonyl (C=O) groups is 1. The van der Waals surface area contributed by atoms with Gasteiger partial charge in [0.25, 0.3) is 5.91 Å². The molecular weight excluding hydrogens is 409 g/mol. The zero-order chi connectivity index (χ0) is 20.9. The van der Waals surface area contributed by atoms with Gasteiger partial charge in [0.05, 0.1) is 11.6 Å². The molecule has 1 amide bonds. The zero-order valence-corrected chi connectivity index (χ0v) is 16.5. The van der Waals surface area contributed by atoms with Crippen molar-refractivity contribution in [3.05, 3.63) is 101 Å². The lowest BCUT2D eigenvalue weighted by atomic mass is 10.2. The summed E-state index contributed by atoms with van der Waals surface area (Å²) in [6.07, 6.45) is 1.70. The Kier molecular flexibility index (Phi) is 5.81. The van der Waals surface area contributed by atoms with Crippen molar-refractivity contribution in [2.75, 3.05) is 5.32 Å². The number of carbonyl (C=O) groups excluding carboxylic acids is 1. The molecule has 0 aliphatic heterocycles. The molecule has 0 aliphatic rings. The van der Waals surface area contributed by atoms with E-state index >= 15 is 0 Å². The molecule has 0 unspecified atom stereocenters. The summed E-state index contributed by atoms with van der Waals surface area (Å²) in [6, 6.07) is 18.2. The Morgan fingerprint density at radius 2 is 2.00 bits per heavy atom. The molecule has 2 aromatic heterocycles. The maximum absolute atomic E-state index is 13.3. The first-order valence-corrected chi connectivity index (χ1v) is 9.50. The van der Waals surface area contributed by atoms with E-state index in [1.165, 1.54) is 12.1 Å². The maximum atomic E-state index is 13.3. The second-order valence-electron chi connectivity index (χ2n) is 6.47. The fourth-order valence-corrected chi connectivity index (χ4v) is 3.00. The minimum absolute atomic E-state index is 0.132. The number of ether oxygens (including phenoxy) is 1. The summed E-state index contributed by atoms with van der Waals surface area (Å²) < 4.78 is 26.0. The SMILES string of the molecule is O=C(Nc1ccn(Cc2cccc(F)c2)n1)c1ccc(COc2ccccc2Cl)o1. The van der Waals surface area contributed by atoms with Crippen LogP contribution in [0.2, 0.25) is 5.02 Å². The smallest absolute Gasteiger partial charge is 0.292 e. The second kappa shape index (κ2) is 8.84. The average molecular weight is 426 g/mol. The molecule has 8 heteroatoms. The summed E-state index contributed by atoms with van der Waals surface area (Å²) in [5.74, 6) is 0.770. The summed E-state index contributed by atoms with van der Waals surface area (Å²) >= 11 is 6.05. The number of halogens is 2. The quantitative estimate of drug-likeness (QED) is 0.444. The molecule has 2 heterocycles. The van der Waals surface area contributed by atoms with Crippen LogP contribution in [-0.4, -0.2) is 15.7 Å². The molecule has 0 saturated heterocycles. The molecule has 2 aromatic carbocycles. The summed E-state index contributed by atoms with van der Waals surface area (Å²) in [7, 11) is 0. The van der Waals surface area contributed by atoms with Gasteiger partial charge in [0.1, 0.15) is 23.9 Å². The van der Waals surface area contributed by atoms with E-state index < -0.39 is 5.91 Å². The number of furan rings is 1. The fourth-order valence-electron chi connectivity index (χ4n) is 2.80. The van der Waals surface area contributed by atoms with Crippen molar-refractivity contribution >= 4 is 23.3 Å². The number of para-hydroxylation sites is 1. The zero-order valence-electron chi connectivity index (χ0n) is 15.7. The fraction of sp³-hybridized carbons (Fsp3) is 0.0909. The van der Waals surface area contributed by atoms with E-state index in [4.69, 9.17) is 20.8 Å². The van der Waals surface area contributed by atoms with Crippen LogP contribution in [0, 0.1) is 5.82 Å². The molecule has 1 N–H and O–H groups in total. The van der Waals surface area contributed by atoms with E-state index in [1.54, 1.807) is 53.3 Å². The Morgan fingerprint density at radius 1 is 1.13 bits per heavy atom. The number of anilines is 1. The number of benzene rings is 2. The number of nitrogens with zero attached hydrogens (tertiary/aromatic N) is 2. The van der Waals surface area contributed by atoms with E-state index in [9.17, 15) is 9.18 Å². The molecule has 0 aliphatic carbocycles. The number of nitrogens with one attached hydrogen (secondary N) is 1. The third-order valence-corrected chi connectivity index (χ3v) is 4.52. The van der Waals surface area contributed by atoms with Crippen molar-refractivity contribution in [3.63, 3.8) is 0 Å². The molecule has 0 fully saturated rings. The number of hydrogen-bond donors (Lipinski definition) is 1. The Bertz CT molecular complexity index is 1170. The Morgan fingerprint density at radius 3 is 2.83 bits per heavy atom. The van der Waals surface area contributed by atoms with Gasteiger partial charge in [-0.2, -0.15) is 5.10 Å². The highest BCUT2D eigenvalue weighted by molar-refractivity contribution is 6.32. The number of aromatic nitrogens is 2. The Hall–Kier alpha value is -3.58. The predicted octanol–water partition coefficient (Wildman–Crippen LogP) is 5.15. The Labute approximate surface area is 176 Å². The summed E-state index contributed by atoms with van der Waals surface area (Å²) in [4.78, 5) is 12.4. The van der Waals surface area contributed by atoms with Gasteiger partial charge in [-0.15, -0.1) is 0 Å². The summed E-state index contributed by atoms with van der Waals surface area (Å²) in [5, 5.41) is 7.44. The van der Waals surface area contributed by atoms with Gasteiger partial charge in [0, 0.05) is 12.3 Å². The van der Waals surface area contributed by atoms with Crippen molar-refractivity contribution in [1.82, 2.24) is 9.78 Å². The van der Waals surface area contributed by atoms with Gasteiger partial charge in [-0.1, -0.05) is 35.9 Å². The molecule has 4 aromatic rings. The van der Waals surface area contributed by atoms with E-state index in [0.29, 0.717) is 28.9 Å². The number of rotatable bonds is 7. The van der Waals surface area contributed by atoms with Crippen molar-refractivity contribution in [3.8, 4) is 5.75 Å². The lowest BCUT2D eigenvalue weighted by Crippen LogP contribution is -2.12. The van der Waals surface area contributed by atoms with Crippen LogP contribution in [-0.2, 0) is 13.2 Å². The van der Waals surface area contributed by atoms with Gasteiger partial charge in [-0.25, -0.2) is 4.39 Å². The van der Waals surface area contributed by atoms with E-state index in [1.807, 2.05) is 12.1 Å². The van der Waals surface area contributed by atoms with Crippen LogP contribution in [0.3, 0.4) is 0 Å². The minimum atomic E-state index is -0.435. The van der Waals surface area contributed by atoms with E-state index in [-0.39, 0.29) is 18.2 Å². The number of hydrogen-bond acceptors (Lipinski definition) is 4. The van der Waals surface area contributed by atoms with Crippen molar-refractivity contribution in [2.24, 2.45) is 0 Å². The molecule has 30 heavy (non-hydrogen) atoms. The van der Waals surface area contributed by atoms with Gasteiger partial charge < -0.3 is 14.5 Å². The molecule has 0 bridgehead atoms.